The number of morpholine rings is 1. The van der Waals surface area contributed by atoms with Crippen LogP contribution in [-0.2, 0) is 11.3 Å². The molecule has 6 rings (SSSR count). The Labute approximate surface area is 241 Å². The quantitative estimate of drug-likeness (QED) is 0.307. The lowest BCUT2D eigenvalue weighted by Crippen LogP contribution is -2.43. The number of hydrogen-bond acceptors (Lipinski definition) is 8. The van der Waals surface area contributed by atoms with Crippen LogP contribution < -0.4 is 10.5 Å². The van der Waals surface area contributed by atoms with E-state index in [0.717, 1.165) is 78.5 Å². The molecule has 2 N–H and O–H groups in total. The van der Waals surface area contributed by atoms with Gasteiger partial charge in [-0.1, -0.05) is 23.7 Å². The predicted molar refractivity (Wildman–Crippen MR) is 157 cm³/mol. The molecule has 0 amide bonds. The zero-order valence-electron chi connectivity index (χ0n) is 21.9. The molecule has 0 aliphatic carbocycles. The van der Waals surface area contributed by atoms with Crippen molar-refractivity contribution in [3.63, 3.8) is 0 Å². The van der Waals surface area contributed by atoms with Crippen LogP contribution in [0.3, 0.4) is 0 Å². The Morgan fingerprint density at radius 1 is 1.12 bits per heavy atom. The fourth-order valence-corrected chi connectivity index (χ4v) is 6.15. The van der Waals surface area contributed by atoms with Gasteiger partial charge in [0.2, 0.25) is 0 Å². The van der Waals surface area contributed by atoms with E-state index in [4.69, 9.17) is 31.8 Å². The molecule has 2 aromatic carbocycles. The van der Waals surface area contributed by atoms with Crippen molar-refractivity contribution in [3.05, 3.63) is 69.8 Å². The second-order valence-corrected chi connectivity index (χ2v) is 11.4. The molecule has 2 aliphatic rings. The number of hydrogen-bond donors (Lipinski definition) is 1. The number of benzene rings is 2. The molecule has 40 heavy (non-hydrogen) atoms. The summed E-state index contributed by atoms with van der Waals surface area (Å²) in [6, 6.07) is 17.4. The number of aromatic nitrogens is 2. The third-order valence-electron chi connectivity index (χ3n) is 7.14. The number of anilines is 1. The maximum Gasteiger partial charge on any atom is 0.162 e. The first-order valence-corrected chi connectivity index (χ1v) is 14.5. The highest BCUT2D eigenvalue weighted by Crippen LogP contribution is 2.33. The average molecular weight is 578 g/mol. The number of likely N-dealkylation sites (tertiary alicyclic amines) is 1. The van der Waals surface area contributed by atoms with Crippen molar-refractivity contribution in [2.24, 2.45) is 0 Å². The summed E-state index contributed by atoms with van der Waals surface area (Å²) in [4.78, 5) is 14.9. The Bertz CT molecular complexity index is 1580. The van der Waals surface area contributed by atoms with Crippen LogP contribution in [0.5, 0.6) is 5.75 Å². The van der Waals surface area contributed by atoms with Crippen LogP contribution in [-0.4, -0.2) is 65.2 Å². The molecule has 2 aliphatic heterocycles. The molecule has 4 aromatic rings. The van der Waals surface area contributed by atoms with Gasteiger partial charge in [-0.05, 0) is 60.7 Å². The van der Waals surface area contributed by atoms with E-state index in [1.165, 1.54) is 23.5 Å². The molecule has 0 spiro atoms. The molecule has 0 saturated carbocycles. The average Bonchev–Trinajstić information content (AvgIpc) is 3.58. The maximum atomic E-state index is 13.4. The second-order valence-electron chi connectivity index (χ2n) is 9.96. The van der Waals surface area contributed by atoms with Gasteiger partial charge in [-0.3, -0.25) is 4.90 Å². The van der Waals surface area contributed by atoms with Crippen molar-refractivity contribution in [3.8, 4) is 29.1 Å². The molecule has 2 saturated heterocycles. The Hall–Kier alpha value is -3.42. The van der Waals surface area contributed by atoms with Crippen LogP contribution in [0.4, 0.5) is 10.2 Å². The number of ether oxygens (including phenoxy) is 2. The maximum absolute atomic E-state index is 13.4. The molecular weight excluding hydrogens is 549 g/mol. The normalized spacial score (nSPS) is 17.6. The number of nitrogens with zero attached hydrogens (tertiary/aromatic N) is 4. The molecule has 0 radical (unpaired) electrons. The molecule has 10 heteroatoms. The molecule has 2 fully saturated rings. The first kappa shape index (κ1) is 26.8. The van der Waals surface area contributed by atoms with Gasteiger partial charge in [0.1, 0.15) is 24.0 Å². The van der Waals surface area contributed by atoms with E-state index in [9.17, 15) is 4.39 Å². The standard InChI is InChI=1S/C30H29ClFN5O2S/c31-25-16-21(6-7-27(25)39-19-20-3-1-4-22(32)15-20)30-34-26-17-24(40-28(26)29(33)35-30)8-10-37-9-2-5-23(37)18-36-11-13-38-14-12-36/h1,3-4,6-7,15-17,23H,2,5,9,11-14,18-19H2,(H2,33,34,35). The summed E-state index contributed by atoms with van der Waals surface area (Å²) in [5.74, 6) is 4.42. The van der Waals surface area contributed by atoms with Crippen molar-refractivity contribution in [2.75, 3.05) is 45.1 Å². The largest absolute Gasteiger partial charge is 0.487 e. The van der Waals surface area contributed by atoms with Gasteiger partial charge < -0.3 is 20.1 Å². The highest BCUT2D eigenvalue weighted by molar-refractivity contribution is 7.20. The van der Waals surface area contributed by atoms with Gasteiger partial charge in [-0.15, -0.1) is 11.3 Å². The van der Waals surface area contributed by atoms with E-state index in [2.05, 4.69) is 26.7 Å². The molecule has 2 aromatic heterocycles. The minimum Gasteiger partial charge on any atom is -0.487 e. The molecule has 7 nitrogen and oxygen atoms in total. The number of thiophene rings is 1. The minimum atomic E-state index is -0.306. The van der Waals surface area contributed by atoms with Crippen molar-refractivity contribution in [2.45, 2.75) is 25.5 Å². The third kappa shape index (κ3) is 6.16. The lowest BCUT2D eigenvalue weighted by molar-refractivity contribution is 0.0302. The van der Waals surface area contributed by atoms with Crippen molar-refractivity contribution >= 4 is 39.0 Å². The van der Waals surface area contributed by atoms with Gasteiger partial charge >= 0.3 is 0 Å². The number of nitrogen functional groups attached to an aromatic ring is 1. The Balaban J connectivity index is 1.17. The fourth-order valence-electron chi connectivity index (χ4n) is 5.07. The van der Waals surface area contributed by atoms with Crippen molar-refractivity contribution < 1.29 is 13.9 Å². The van der Waals surface area contributed by atoms with Crippen molar-refractivity contribution in [1.82, 2.24) is 19.8 Å². The van der Waals surface area contributed by atoms with E-state index < -0.39 is 0 Å². The van der Waals surface area contributed by atoms with Crippen LogP contribution in [0.1, 0.15) is 23.3 Å². The van der Waals surface area contributed by atoms with E-state index >= 15 is 0 Å². The summed E-state index contributed by atoms with van der Waals surface area (Å²) >= 11 is 8.01. The van der Waals surface area contributed by atoms with Gasteiger partial charge in [0.15, 0.2) is 5.82 Å². The highest BCUT2D eigenvalue weighted by Gasteiger charge is 2.25. The third-order valence-corrected chi connectivity index (χ3v) is 8.50. The minimum absolute atomic E-state index is 0.205. The van der Waals surface area contributed by atoms with E-state index in [1.54, 1.807) is 24.3 Å². The van der Waals surface area contributed by atoms with Gasteiger partial charge in [0.25, 0.3) is 0 Å². The van der Waals surface area contributed by atoms with Gasteiger partial charge in [-0.2, -0.15) is 0 Å². The van der Waals surface area contributed by atoms with Gasteiger partial charge in [0, 0.05) is 43.8 Å². The number of nitrogens with two attached hydrogens (primary N) is 1. The predicted octanol–water partition coefficient (Wildman–Crippen LogP) is 5.42. The monoisotopic (exact) mass is 577 g/mol. The van der Waals surface area contributed by atoms with Crippen molar-refractivity contribution in [1.29, 1.82) is 0 Å². The topological polar surface area (TPSA) is 76.7 Å². The summed E-state index contributed by atoms with van der Waals surface area (Å²) in [5, 5.41) is 0.408. The number of rotatable bonds is 6. The smallest absolute Gasteiger partial charge is 0.162 e. The summed E-state index contributed by atoms with van der Waals surface area (Å²) < 4.78 is 25.5. The Morgan fingerprint density at radius 2 is 2.00 bits per heavy atom. The zero-order valence-corrected chi connectivity index (χ0v) is 23.5. The molecule has 206 valence electrons. The van der Waals surface area contributed by atoms with Crippen LogP contribution in [0.2, 0.25) is 5.02 Å². The van der Waals surface area contributed by atoms with E-state index in [0.29, 0.717) is 28.5 Å². The van der Waals surface area contributed by atoms with Crippen LogP contribution in [0.25, 0.3) is 21.6 Å². The SMILES string of the molecule is Nc1nc(-c2ccc(OCc3cccc(F)c3)c(Cl)c2)nc2cc(C#CN3CCCC3CN3CCOCC3)sc12. The highest BCUT2D eigenvalue weighted by atomic mass is 35.5. The molecule has 4 heterocycles. The van der Waals surface area contributed by atoms with Crippen LogP contribution in [0, 0.1) is 17.8 Å². The molecule has 0 bridgehead atoms. The summed E-state index contributed by atoms with van der Waals surface area (Å²) in [6.45, 7) is 5.83. The molecule has 1 unspecified atom stereocenters. The Kier molecular flexibility index (Phi) is 8.03. The van der Waals surface area contributed by atoms with Gasteiger partial charge in [-0.25, -0.2) is 14.4 Å². The summed E-state index contributed by atoms with van der Waals surface area (Å²) in [5.41, 5.74) is 8.54. The van der Waals surface area contributed by atoms with Crippen LogP contribution in [0.15, 0.2) is 48.5 Å². The molecule has 1 atom stereocenters. The first-order valence-electron chi connectivity index (χ1n) is 13.3. The Morgan fingerprint density at radius 3 is 2.83 bits per heavy atom. The lowest BCUT2D eigenvalue weighted by atomic mass is 10.2. The lowest BCUT2D eigenvalue weighted by Gasteiger charge is -2.31. The van der Waals surface area contributed by atoms with Crippen LogP contribution >= 0.6 is 22.9 Å². The zero-order chi connectivity index (χ0) is 27.5. The van der Waals surface area contributed by atoms with Gasteiger partial charge in [0.05, 0.1) is 33.3 Å². The van der Waals surface area contributed by atoms with E-state index in [1.807, 2.05) is 12.1 Å². The summed E-state index contributed by atoms with van der Waals surface area (Å²) in [7, 11) is 0. The number of fused-ring (bicyclic) bond motifs is 1. The fraction of sp³-hybridized carbons (Fsp3) is 0.333. The second kappa shape index (κ2) is 12.0. The van der Waals surface area contributed by atoms with E-state index in [-0.39, 0.29) is 12.4 Å². The summed E-state index contributed by atoms with van der Waals surface area (Å²) in [6.07, 6.45) is 2.33. The number of halogens is 2. The first-order chi connectivity index (χ1) is 19.5. The molecular formula is C30H29ClFN5O2S.